The van der Waals surface area contributed by atoms with Gasteiger partial charge in [0.25, 0.3) is 5.56 Å². The Morgan fingerprint density at radius 3 is 2.26 bits per heavy atom. The van der Waals surface area contributed by atoms with E-state index in [1.54, 1.807) is 0 Å². The molecule has 2 heterocycles. The first-order valence-electron chi connectivity index (χ1n) is 7.84. The summed E-state index contributed by atoms with van der Waals surface area (Å²) in [5, 5.41) is 0. The van der Waals surface area contributed by atoms with Gasteiger partial charge in [0.05, 0.1) is 0 Å². The van der Waals surface area contributed by atoms with E-state index in [2.05, 4.69) is 0 Å². The maximum Gasteiger partial charge on any atom is 0.330 e. The highest BCUT2D eigenvalue weighted by molar-refractivity contribution is 5.68. The number of nitrogens with two attached hydrogens (primary N) is 1. The Balaban J connectivity index is 2.47. The van der Waals surface area contributed by atoms with E-state index in [0.29, 0.717) is 0 Å². The Morgan fingerprint density at radius 2 is 1.70 bits per heavy atom. The third-order valence-corrected chi connectivity index (χ3v) is 3.61. The molecule has 12 heteroatoms. The molecule has 1 saturated heterocycles. The number of aromatic nitrogens is 2. The minimum absolute atomic E-state index is 0.285. The molecule has 1 aliphatic rings. The molecule has 148 valence electrons. The molecule has 0 saturated carbocycles. The molecule has 1 fully saturated rings. The van der Waals surface area contributed by atoms with Crippen LogP contribution in [0.5, 0.6) is 0 Å². The van der Waals surface area contributed by atoms with Gasteiger partial charge in [0.2, 0.25) is 0 Å². The lowest BCUT2D eigenvalue weighted by atomic mass is 10.1. The average Bonchev–Trinajstić information content (AvgIpc) is 2.85. The number of rotatable bonds is 5. The van der Waals surface area contributed by atoms with Crippen LogP contribution in [0.1, 0.15) is 27.0 Å². The molecule has 0 aromatic carbocycles. The van der Waals surface area contributed by atoms with Crippen molar-refractivity contribution in [3.63, 3.8) is 0 Å². The average molecular weight is 385 g/mol. The normalized spacial score (nSPS) is 24.3. The topological polar surface area (TPSA) is 169 Å². The summed E-state index contributed by atoms with van der Waals surface area (Å²) in [6.07, 6.45) is -3.73. The van der Waals surface area contributed by atoms with Crippen molar-refractivity contribution in [1.82, 2.24) is 9.55 Å². The molecule has 27 heavy (non-hydrogen) atoms. The number of aromatic amines is 1. The van der Waals surface area contributed by atoms with Gasteiger partial charge in [0, 0.05) is 27.0 Å². The second-order valence-corrected chi connectivity index (χ2v) is 5.77. The summed E-state index contributed by atoms with van der Waals surface area (Å²) in [4.78, 5) is 59.7. The fourth-order valence-corrected chi connectivity index (χ4v) is 2.61. The van der Waals surface area contributed by atoms with Gasteiger partial charge in [-0.15, -0.1) is 0 Å². The van der Waals surface area contributed by atoms with Crippen LogP contribution in [-0.4, -0.2) is 52.4 Å². The van der Waals surface area contributed by atoms with E-state index in [9.17, 15) is 24.0 Å². The highest BCUT2D eigenvalue weighted by Crippen LogP contribution is 2.33. The molecule has 12 nitrogen and oxygen atoms in total. The minimum Gasteiger partial charge on any atom is -0.463 e. The standard InChI is InChI=1S/C15H19N3O9/c1-6(19)24-5-10-11(25-7(2)20)12(26-8(3)21)14(27-10)18-4-9(16)13(22)17-15(18)23/h4,10-12,14H,5,16H2,1-3H3,(H,17,22,23)/t10-,11-,12-,14-/m1/s1. The zero-order chi connectivity index (χ0) is 20.3. The molecule has 0 bridgehead atoms. The van der Waals surface area contributed by atoms with E-state index in [1.165, 1.54) is 6.92 Å². The van der Waals surface area contributed by atoms with Gasteiger partial charge in [-0.05, 0) is 0 Å². The minimum atomic E-state index is -1.29. The van der Waals surface area contributed by atoms with Crippen molar-refractivity contribution in [2.75, 3.05) is 12.3 Å². The number of carbonyl (C=O) groups is 3. The van der Waals surface area contributed by atoms with Crippen LogP contribution in [-0.2, 0) is 33.3 Å². The van der Waals surface area contributed by atoms with E-state index in [4.69, 9.17) is 24.7 Å². The molecule has 0 radical (unpaired) electrons. The predicted octanol–water partition coefficient (Wildman–Crippen LogP) is -1.56. The Bertz CT molecular complexity index is 859. The van der Waals surface area contributed by atoms with Crippen molar-refractivity contribution in [2.45, 2.75) is 45.3 Å². The van der Waals surface area contributed by atoms with Gasteiger partial charge in [-0.1, -0.05) is 0 Å². The van der Waals surface area contributed by atoms with E-state index in [-0.39, 0.29) is 12.3 Å². The molecule has 2 rings (SSSR count). The van der Waals surface area contributed by atoms with Gasteiger partial charge in [0.15, 0.2) is 18.4 Å². The van der Waals surface area contributed by atoms with E-state index < -0.39 is 53.7 Å². The van der Waals surface area contributed by atoms with Gasteiger partial charge >= 0.3 is 23.6 Å². The summed E-state index contributed by atoms with van der Waals surface area (Å²) in [5.74, 6) is -2.05. The summed E-state index contributed by atoms with van der Waals surface area (Å²) < 4.78 is 21.8. The quantitative estimate of drug-likeness (QED) is 0.446. The lowest BCUT2D eigenvalue weighted by molar-refractivity contribution is -0.166. The van der Waals surface area contributed by atoms with Crippen LogP contribution >= 0.6 is 0 Å². The number of esters is 3. The third-order valence-electron chi connectivity index (χ3n) is 3.61. The van der Waals surface area contributed by atoms with Crippen LogP contribution in [0.3, 0.4) is 0 Å². The van der Waals surface area contributed by atoms with Crippen molar-refractivity contribution in [2.24, 2.45) is 0 Å². The highest BCUT2D eigenvalue weighted by Gasteiger charge is 2.51. The summed E-state index contributed by atoms with van der Waals surface area (Å²) in [6, 6.07) is 0. The second kappa shape index (κ2) is 8.03. The first kappa shape index (κ1) is 20.2. The van der Waals surface area contributed by atoms with Crippen LogP contribution < -0.4 is 17.0 Å². The SMILES string of the molecule is CC(=O)OC[C@H]1O[C@@H](n2cc(N)c(=O)[nH]c2=O)[C@H](OC(C)=O)[C@@H]1OC(C)=O. The predicted molar refractivity (Wildman–Crippen MR) is 87.4 cm³/mol. The first-order chi connectivity index (χ1) is 12.6. The van der Waals surface area contributed by atoms with E-state index >= 15 is 0 Å². The van der Waals surface area contributed by atoms with Crippen LogP contribution in [0.15, 0.2) is 15.8 Å². The number of hydrogen-bond donors (Lipinski definition) is 2. The molecule has 1 aliphatic heterocycles. The van der Waals surface area contributed by atoms with Gasteiger partial charge in [-0.25, -0.2) is 4.79 Å². The Labute approximate surface area is 152 Å². The highest BCUT2D eigenvalue weighted by atomic mass is 16.7. The number of anilines is 1. The van der Waals surface area contributed by atoms with Crippen molar-refractivity contribution in [1.29, 1.82) is 0 Å². The lowest BCUT2D eigenvalue weighted by Gasteiger charge is -2.23. The molecule has 0 unspecified atom stereocenters. The maximum absolute atomic E-state index is 12.2. The molecule has 1 aromatic heterocycles. The smallest absolute Gasteiger partial charge is 0.330 e. The molecule has 0 spiro atoms. The van der Waals surface area contributed by atoms with Gasteiger partial charge in [-0.3, -0.25) is 28.7 Å². The summed E-state index contributed by atoms with van der Waals surface area (Å²) in [6.45, 7) is 3.09. The number of ether oxygens (including phenoxy) is 4. The third kappa shape index (κ3) is 4.73. The Morgan fingerprint density at radius 1 is 1.11 bits per heavy atom. The summed E-state index contributed by atoms with van der Waals surface area (Å²) in [7, 11) is 0. The van der Waals surface area contributed by atoms with Gasteiger partial charge in [0.1, 0.15) is 18.4 Å². The number of nitrogens with zero attached hydrogens (tertiary/aromatic N) is 1. The van der Waals surface area contributed by atoms with Crippen LogP contribution in [0, 0.1) is 0 Å². The number of nitrogens with one attached hydrogen (secondary N) is 1. The second-order valence-electron chi connectivity index (χ2n) is 5.77. The zero-order valence-electron chi connectivity index (χ0n) is 14.8. The fraction of sp³-hybridized carbons (Fsp3) is 0.533. The number of hydrogen-bond acceptors (Lipinski definition) is 10. The molecular formula is C15H19N3O9. The maximum atomic E-state index is 12.2. The van der Waals surface area contributed by atoms with Gasteiger partial charge < -0.3 is 24.7 Å². The van der Waals surface area contributed by atoms with Crippen molar-refractivity contribution < 1.29 is 33.3 Å². The van der Waals surface area contributed by atoms with E-state index in [0.717, 1.165) is 24.6 Å². The molecule has 3 N–H and O–H groups in total. The molecule has 1 aromatic rings. The van der Waals surface area contributed by atoms with Crippen LogP contribution in [0.4, 0.5) is 5.69 Å². The Hall–Kier alpha value is -3.15. The number of H-pyrrole nitrogens is 1. The zero-order valence-corrected chi connectivity index (χ0v) is 14.8. The lowest BCUT2D eigenvalue weighted by Crippen LogP contribution is -2.42. The molecule has 0 aliphatic carbocycles. The largest absolute Gasteiger partial charge is 0.463 e. The summed E-state index contributed by atoms with van der Waals surface area (Å²) in [5.41, 5.74) is 3.56. The summed E-state index contributed by atoms with van der Waals surface area (Å²) >= 11 is 0. The van der Waals surface area contributed by atoms with Crippen molar-refractivity contribution >= 4 is 23.6 Å². The van der Waals surface area contributed by atoms with E-state index in [1.807, 2.05) is 4.98 Å². The van der Waals surface area contributed by atoms with Crippen molar-refractivity contribution in [3.05, 3.63) is 27.0 Å². The van der Waals surface area contributed by atoms with Crippen molar-refractivity contribution in [3.8, 4) is 0 Å². The molecular weight excluding hydrogens is 366 g/mol. The molecule has 4 atom stereocenters. The monoisotopic (exact) mass is 385 g/mol. The number of carbonyl (C=O) groups excluding carboxylic acids is 3. The van der Waals surface area contributed by atoms with Crippen LogP contribution in [0.2, 0.25) is 0 Å². The first-order valence-corrected chi connectivity index (χ1v) is 7.84. The molecule has 0 amide bonds. The van der Waals surface area contributed by atoms with Crippen LogP contribution in [0.25, 0.3) is 0 Å². The van der Waals surface area contributed by atoms with Gasteiger partial charge in [-0.2, -0.15) is 0 Å². The fourth-order valence-electron chi connectivity index (χ4n) is 2.61. The Kier molecular flexibility index (Phi) is 6.00. The number of nitrogen functional groups attached to an aromatic ring is 1.